The van der Waals surface area contributed by atoms with Gasteiger partial charge in [-0.15, -0.1) is 0 Å². The predicted molar refractivity (Wildman–Crippen MR) is 123 cm³/mol. The van der Waals surface area contributed by atoms with Crippen LogP contribution in [0.2, 0.25) is 0 Å². The van der Waals surface area contributed by atoms with Gasteiger partial charge in [0.25, 0.3) is 5.91 Å². The molecule has 0 spiro atoms. The maximum absolute atomic E-state index is 15.3. The minimum atomic E-state index is -3.38. The zero-order valence-electron chi connectivity index (χ0n) is 21.3. The molecular weight excluding hydrogens is 444 g/mol. The van der Waals surface area contributed by atoms with Crippen LogP contribution in [0.4, 0.5) is 31.7 Å². The second-order valence-electron chi connectivity index (χ2n) is 8.32. The zero-order chi connectivity index (χ0) is 26.7. The number of aromatic nitrogens is 3. The average Bonchev–Trinajstić information content (AvgIpc) is 3.58. The largest absolute Gasteiger partial charge is 0.356 e. The van der Waals surface area contributed by atoms with E-state index in [1.54, 1.807) is 25.2 Å². The minimum Gasteiger partial charge on any atom is -0.355 e. The average molecular weight is 470 g/mol. The third-order valence-corrected chi connectivity index (χ3v) is 5.93. The lowest BCUT2D eigenvalue weighted by Crippen LogP contribution is -2.39. The lowest BCUT2D eigenvalue weighted by Gasteiger charge is -2.36. The summed E-state index contributed by atoms with van der Waals surface area (Å²) in [7, 11) is 2.80. The number of nitrogens with zero attached hydrogens (tertiary/aromatic N) is 4. The molecule has 0 saturated heterocycles. The molecule has 34 heavy (non-hydrogen) atoms. The summed E-state index contributed by atoms with van der Waals surface area (Å²) < 4.78 is 54.1. The van der Waals surface area contributed by atoms with E-state index in [0.717, 1.165) is 23.9 Å². The topological polar surface area (TPSA) is 104 Å². The first-order valence-electron chi connectivity index (χ1n) is 12.0. The Bertz CT molecular complexity index is 1420. The molecule has 3 aromatic rings. The molecule has 9 nitrogen and oxygen atoms in total. The van der Waals surface area contributed by atoms with Crippen LogP contribution < -0.4 is 20.9 Å². The van der Waals surface area contributed by atoms with Crippen molar-refractivity contribution in [3.05, 3.63) is 47.8 Å². The highest BCUT2D eigenvalue weighted by molar-refractivity contribution is 6.02. The number of fused-ring (bicyclic) bond motifs is 3. The number of alkyl halides is 2. The van der Waals surface area contributed by atoms with Gasteiger partial charge in [-0.1, -0.05) is 12.1 Å². The fourth-order valence-corrected chi connectivity index (χ4v) is 4.02. The molecule has 1 aromatic carbocycles. The summed E-state index contributed by atoms with van der Waals surface area (Å²) in [5.74, 6) is -1.16. The smallest absolute Gasteiger partial charge is 0.355 e. The van der Waals surface area contributed by atoms with Crippen molar-refractivity contribution in [2.75, 3.05) is 29.6 Å². The van der Waals surface area contributed by atoms with Gasteiger partial charge in [0.2, 0.25) is 5.91 Å². The fourth-order valence-electron chi connectivity index (χ4n) is 4.02. The van der Waals surface area contributed by atoms with Crippen LogP contribution in [0.5, 0.6) is 0 Å². The molecular formula is C23H23F2N7O2. The van der Waals surface area contributed by atoms with E-state index in [9.17, 15) is 9.59 Å². The summed E-state index contributed by atoms with van der Waals surface area (Å²) >= 11 is 0. The molecule has 2 amide bonds. The number of aryl methyl sites for hydroxylation is 1. The Labute approximate surface area is 198 Å². The number of amides is 2. The standard InChI is InChI=1S/C23H23F2N7O2/c1-26-22(34)14-10-27-18(29-21(33)12-7-8-12)9-17(14)28-16-6-4-5-13-19-15(11-31(2)30-19)23(24,25)32(3)20(13)16/h4-6,9-12H,7-8H2,1-3H3,(H,26,34)(H2,27,28,29,33)/i1D3. The number of hydrogen-bond donors (Lipinski definition) is 3. The van der Waals surface area contributed by atoms with Gasteiger partial charge < -0.3 is 20.9 Å². The van der Waals surface area contributed by atoms with Crippen molar-refractivity contribution in [1.82, 2.24) is 20.1 Å². The Kier molecular flexibility index (Phi) is 4.22. The van der Waals surface area contributed by atoms with Gasteiger partial charge in [0.05, 0.1) is 28.2 Å². The number of pyridine rings is 1. The summed E-state index contributed by atoms with van der Waals surface area (Å²) in [4.78, 5) is 29.9. The number of nitrogens with one attached hydrogen (secondary N) is 3. The lowest BCUT2D eigenvalue weighted by molar-refractivity contribution is -0.117. The first-order valence-corrected chi connectivity index (χ1v) is 10.5. The number of para-hydroxylation sites is 1. The van der Waals surface area contributed by atoms with Gasteiger partial charge in [-0.3, -0.25) is 14.3 Å². The number of rotatable bonds is 5. The Morgan fingerprint density at radius 1 is 1.24 bits per heavy atom. The molecule has 2 aliphatic rings. The van der Waals surface area contributed by atoms with Gasteiger partial charge in [0.1, 0.15) is 11.5 Å². The molecule has 3 N–H and O–H groups in total. The highest BCUT2D eigenvalue weighted by Crippen LogP contribution is 2.51. The van der Waals surface area contributed by atoms with Crippen molar-refractivity contribution < 1.29 is 22.5 Å². The van der Waals surface area contributed by atoms with Crippen molar-refractivity contribution in [3.63, 3.8) is 0 Å². The van der Waals surface area contributed by atoms with Crippen molar-refractivity contribution in [3.8, 4) is 11.3 Å². The molecule has 1 fully saturated rings. The molecule has 0 radical (unpaired) electrons. The molecule has 11 heteroatoms. The van der Waals surface area contributed by atoms with Crippen molar-refractivity contribution >= 4 is 34.7 Å². The first-order chi connectivity index (χ1) is 17.3. The molecule has 1 saturated carbocycles. The zero-order valence-corrected chi connectivity index (χ0v) is 18.3. The summed E-state index contributed by atoms with van der Waals surface area (Å²) in [6.07, 6.45) is 3.92. The van der Waals surface area contributed by atoms with Crippen LogP contribution in [0.3, 0.4) is 0 Å². The molecule has 0 bridgehead atoms. The molecule has 0 unspecified atom stereocenters. The van der Waals surface area contributed by atoms with E-state index in [4.69, 9.17) is 4.11 Å². The minimum absolute atomic E-state index is 0.0692. The SMILES string of the molecule is [2H]C([2H])([2H])NC(=O)c1cnc(NC(=O)C2CC2)cc1Nc1cccc2c1N(C)C(F)(F)c1cn(C)nc1-2. The third kappa shape index (κ3) is 3.53. The Hall–Kier alpha value is -4.02. The van der Waals surface area contributed by atoms with E-state index < -0.39 is 18.9 Å². The van der Waals surface area contributed by atoms with E-state index in [1.165, 1.54) is 24.0 Å². The van der Waals surface area contributed by atoms with Crippen molar-refractivity contribution in [2.45, 2.75) is 18.9 Å². The maximum Gasteiger partial charge on any atom is 0.356 e. The van der Waals surface area contributed by atoms with Crippen LogP contribution in [0.1, 0.15) is 32.9 Å². The van der Waals surface area contributed by atoms with E-state index in [1.807, 2.05) is 5.32 Å². The Morgan fingerprint density at radius 3 is 2.76 bits per heavy atom. The van der Waals surface area contributed by atoms with Gasteiger partial charge in [-0.05, 0) is 18.9 Å². The quantitative estimate of drug-likeness (QED) is 0.494. The van der Waals surface area contributed by atoms with Crippen LogP contribution in [0, 0.1) is 5.92 Å². The molecule has 3 heterocycles. The Balaban J connectivity index is 1.59. The molecule has 5 rings (SSSR count). The van der Waals surface area contributed by atoms with E-state index in [2.05, 4.69) is 20.7 Å². The number of carbonyl (C=O) groups excluding carboxylic acids is 2. The second-order valence-corrected chi connectivity index (χ2v) is 8.32. The molecule has 0 atom stereocenters. The van der Waals surface area contributed by atoms with E-state index in [-0.39, 0.29) is 51.5 Å². The van der Waals surface area contributed by atoms with Crippen molar-refractivity contribution in [2.24, 2.45) is 13.0 Å². The molecule has 176 valence electrons. The van der Waals surface area contributed by atoms with Gasteiger partial charge in [0, 0.05) is 55.1 Å². The highest BCUT2D eigenvalue weighted by atomic mass is 19.3. The van der Waals surface area contributed by atoms with Gasteiger partial charge in [0.15, 0.2) is 0 Å². The second kappa shape index (κ2) is 7.79. The lowest BCUT2D eigenvalue weighted by atomic mass is 9.97. The number of halogens is 2. The van der Waals surface area contributed by atoms with Crippen LogP contribution >= 0.6 is 0 Å². The molecule has 2 aromatic heterocycles. The number of anilines is 4. The van der Waals surface area contributed by atoms with Gasteiger partial charge in [-0.2, -0.15) is 13.9 Å². The van der Waals surface area contributed by atoms with E-state index >= 15 is 8.78 Å². The monoisotopic (exact) mass is 470 g/mol. The number of benzene rings is 1. The normalized spacial score (nSPS) is 17.5. The summed E-state index contributed by atoms with van der Waals surface area (Å²) in [6.45, 7) is -2.77. The van der Waals surface area contributed by atoms with Crippen molar-refractivity contribution in [1.29, 1.82) is 0 Å². The van der Waals surface area contributed by atoms with Crippen LogP contribution in [-0.2, 0) is 17.9 Å². The Morgan fingerprint density at radius 2 is 2.03 bits per heavy atom. The predicted octanol–water partition coefficient (Wildman–Crippen LogP) is 3.43. The van der Waals surface area contributed by atoms with Gasteiger partial charge in [-0.25, -0.2) is 4.98 Å². The number of hydrogen-bond acceptors (Lipinski definition) is 6. The maximum atomic E-state index is 15.3. The first kappa shape index (κ1) is 18.4. The van der Waals surface area contributed by atoms with E-state index in [0.29, 0.717) is 5.56 Å². The van der Waals surface area contributed by atoms with Crippen LogP contribution in [0.25, 0.3) is 11.3 Å². The molecule has 1 aliphatic heterocycles. The fraction of sp³-hybridized carbons (Fsp3) is 0.304. The van der Waals surface area contributed by atoms with Crippen LogP contribution in [0.15, 0.2) is 36.7 Å². The summed E-state index contributed by atoms with van der Waals surface area (Å²) in [6, 6.07) is 2.84. The molecule has 1 aliphatic carbocycles. The summed E-state index contributed by atoms with van der Waals surface area (Å²) in [5, 5.41) is 11.8. The highest BCUT2D eigenvalue weighted by Gasteiger charge is 2.47. The van der Waals surface area contributed by atoms with Crippen LogP contribution in [-0.4, -0.2) is 40.6 Å². The number of carbonyl (C=O) groups is 2. The third-order valence-electron chi connectivity index (χ3n) is 5.93. The van der Waals surface area contributed by atoms with Gasteiger partial charge >= 0.3 is 6.05 Å². The summed E-state index contributed by atoms with van der Waals surface area (Å²) in [5.41, 5.74) is 0.581.